The van der Waals surface area contributed by atoms with Gasteiger partial charge in [0.2, 0.25) is 0 Å². The van der Waals surface area contributed by atoms with Crippen molar-refractivity contribution in [2.24, 2.45) is 5.92 Å². The van der Waals surface area contributed by atoms with Gasteiger partial charge in [0.25, 0.3) is 0 Å². The van der Waals surface area contributed by atoms with E-state index in [4.69, 9.17) is 16.4 Å². The van der Waals surface area contributed by atoms with Gasteiger partial charge in [-0.2, -0.15) is 0 Å². The Bertz CT molecular complexity index is 204. The van der Waals surface area contributed by atoms with Crippen molar-refractivity contribution in [3.63, 3.8) is 0 Å². The topological polar surface area (TPSA) is 18.5 Å². The molecule has 2 nitrogen and oxygen atoms in total. The van der Waals surface area contributed by atoms with Gasteiger partial charge in [-0.3, -0.25) is 0 Å². The van der Waals surface area contributed by atoms with Gasteiger partial charge in [0.05, 0.1) is 19.8 Å². The molecule has 0 spiro atoms. The maximum atomic E-state index is 5.86. The van der Waals surface area contributed by atoms with Crippen LogP contribution >= 0.6 is 0 Å². The smallest absolute Gasteiger partial charge is 0.0644 e. The highest BCUT2D eigenvalue weighted by atomic mass is 16.5. The van der Waals surface area contributed by atoms with Crippen LogP contribution < -0.4 is 0 Å². The van der Waals surface area contributed by atoms with E-state index < -0.39 is 0 Å². The summed E-state index contributed by atoms with van der Waals surface area (Å²) in [7, 11) is 0. The second-order valence-corrected chi connectivity index (χ2v) is 5.84. The Balaban J connectivity index is 3.06. The maximum Gasteiger partial charge on any atom is 0.0644 e. The lowest BCUT2D eigenvalue weighted by atomic mass is 10.1. The predicted molar refractivity (Wildman–Crippen MR) is 91.5 cm³/mol. The first kappa shape index (κ1) is 20.7. The van der Waals surface area contributed by atoms with Crippen molar-refractivity contribution >= 4 is 0 Å². The highest BCUT2D eigenvalue weighted by molar-refractivity contribution is 4.66. The molecule has 0 heterocycles. The van der Waals surface area contributed by atoms with E-state index in [2.05, 4.69) is 13.5 Å². The summed E-state index contributed by atoms with van der Waals surface area (Å²) in [6.07, 6.45) is 15.3. The Morgan fingerprint density at radius 1 is 0.857 bits per heavy atom. The molecule has 0 N–H and O–H groups in total. The lowest BCUT2D eigenvalue weighted by Gasteiger charge is -2.11. The van der Waals surface area contributed by atoms with E-state index >= 15 is 0 Å². The van der Waals surface area contributed by atoms with Gasteiger partial charge in [-0.25, -0.2) is 0 Å². The molecule has 0 aliphatic rings. The van der Waals surface area contributed by atoms with Gasteiger partial charge in [0.1, 0.15) is 0 Å². The molecule has 2 radical (unpaired) electrons. The van der Waals surface area contributed by atoms with E-state index in [9.17, 15) is 0 Å². The zero-order valence-corrected chi connectivity index (χ0v) is 14.2. The molecule has 0 aliphatic heterocycles. The van der Waals surface area contributed by atoms with E-state index in [1.165, 1.54) is 57.8 Å². The van der Waals surface area contributed by atoms with Gasteiger partial charge in [-0.15, -0.1) is 6.58 Å². The van der Waals surface area contributed by atoms with Gasteiger partial charge in [-0.05, 0) is 13.3 Å². The Morgan fingerprint density at radius 2 is 1.38 bits per heavy atom. The number of hydrogen-bond donors (Lipinski definition) is 0. The molecule has 1 unspecified atom stereocenters. The normalized spacial score (nSPS) is 12.5. The summed E-state index contributed by atoms with van der Waals surface area (Å²) < 4.78 is 10.8. The first-order valence-corrected chi connectivity index (χ1v) is 8.83. The Morgan fingerprint density at radius 3 is 1.95 bits per heavy atom. The first-order chi connectivity index (χ1) is 10.3. The molecule has 0 fully saturated rings. The monoisotopic (exact) mass is 296 g/mol. The molecule has 0 aromatic carbocycles. The molecule has 124 valence electrons. The van der Waals surface area contributed by atoms with E-state index in [-0.39, 0.29) is 5.92 Å². The summed E-state index contributed by atoms with van der Waals surface area (Å²) in [4.78, 5) is 0. The minimum absolute atomic E-state index is 0.0203. The summed E-state index contributed by atoms with van der Waals surface area (Å²) in [5, 5.41) is 0. The van der Waals surface area contributed by atoms with E-state index in [0.29, 0.717) is 19.8 Å². The van der Waals surface area contributed by atoms with Crippen LogP contribution in [0.4, 0.5) is 0 Å². The molecule has 21 heavy (non-hydrogen) atoms. The molecule has 0 bridgehead atoms. The van der Waals surface area contributed by atoms with Crippen LogP contribution in [0, 0.1) is 12.8 Å². The van der Waals surface area contributed by atoms with Gasteiger partial charge < -0.3 is 9.47 Å². The van der Waals surface area contributed by atoms with Crippen molar-refractivity contribution < 1.29 is 9.47 Å². The second-order valence-electron chi connectivity index (χ2n) is 5.84. The van der Waals surface area contributed by atoms with Gasteiger partial charge >= 0.3 is 0 Å². The Labute approximate surface area is 133 Å². The molecule has 0 aliphatic carbocycles. The molecule has 1 atom stereocenters. The second kappa shape index (κ2) is 17.7. The first-order valence-electron chi connectivity index (χ1n) is 8.83. The van der Waals surface area contributed by atoms with E-state index in [1.807, 2.05) is 0 Å². The number of unbranched alkanes of at least 4 members (excludes halogenated alkanes) is 9. The number of rotatable bonds is 17. The van der Waals surface area contributed by atoms with Crippen molar-refractivity contribution in [2.45, 2.75) is 71.1 Å². The minimum atomic E-state index is -0.0203. The largest absolute Gasteiger partial charge is 0.381 e. The van der Waals surface area contributed by atoms with Crippen LogP contribution in [0.1, 0.15) is 71.1 Å². The van der Waals surface area contributed by atoms with Crippen molar-refractivity contribution in [3.8, 4) is 0 Å². The van der Waals surface area contributed by atoms with Crippen molar-refractivity contribution in [1.29, 1.82) is 0 Å². The summed E-state index contributed by atoms with van der Waals surface area (Å²) in [6, 6.07) is 0. The van der Waals surface area contributed by atoms with Gasteiger partial charge in [0, 0.05) is 12.5 Å². The third-order valence-corrected chi connectivity index (χ3v) is 3.54. The lowest BCUT2D eigenvalue weighted by Crippen LogP contribution is -2.13. The van der Waals surface area contributed by atoms with Crippen molar-refractivity contribution in [3.05, 3.63) is 19.6 Å². The van der Waals surface area contributed by atoms with Crippen LogP contribution in [0.15, 0.2) is 12.7 Å². The highest BCUT2D eigenvalue weighted by Gasteiger charge is 2.02. The van der Waals surface area contributed by atoms with Crippen molar-refractivity contribution in [2.75, 3.05) is 26.4 Å². The van der Waals surface area contributed by atoms with Crippen LogP contribution in [0.25, 0.3) is 0 Å². The molecule has 0 amide bonds. The third-order valence-electron chi connectivity index (χ3n) is 3.54. The van der Waals surface area contributed by atoms with Crippen molar-refractivity contribution in [1.82, 2.24) is 0 Å². The zero-order valence-electron chi connectivity index (χ0n) is 14.2. The van der Waals surface area contributed by atoms with Crippen LogP contribution in [0.5, 0.6) is 0 Å². The fourth-order valence-corrected chi connectivity index (χ4v) is 2.28. The van der Waals surface area contributed by atoms with Crippen LogP contribution in [0.3, 0.4) is 0 Å². The molecule has 0 saturated carbocycles. The van der Waals surface area contributed by atoms with Crippen LogP contribution in [-0.2, 0) is 9.47 Å². The Kier molecular flexibility index (Phi) is 17.4. The third kappa shape index (κ3) is 17.6. The van der Waals surface area contributed by atoms with E-state index in [0.717, 1.165) is 13.0 Å². The SMILES string of the molecule is [CH]C(COCC=C)COCCCCCCCCCCCC. The molecular formula is C19H36O2. The Hall–Kier alpha value is -0.340. The van der Waals surface area contributed by atoms with E-state index in [1.54, 1.807) is 6.08 Å². The average Bonchev–Trinajstić information content (AvgIpc) is 2.48. The number of ether oxygens (including phenoxy) is 2. The summed E-state index contributed by atoms with van der Waals surface area (Å²) in [5.74, 6) is -0.0203. The standard InChI is InChI=1S/C19H36O2/c1-4-6-7-8-9-10-11-12-13-14-16-21-18-19(3)17-20-15-5-2/h3,5,19H,2,4,6-18H2,1H3. The van der Waals surface area contributed by atoms with Crippen LogP contribution in [0.2, 0.25) is 0 Å². The fourth-order valence-electron chi connectivity index (χ4n) is 2.28. The average molecular weight is 296 g/mol. The molecule has 0 saturated heterocycles. The predicted octanol–water partition coefficient (Wildman–Crippen LogP) is 5.45. The number of hydrogen-bond acceptors (Lipinski definition) is 2. The molecular weight excluding hydrogens is 260 g/mol. The summed E-state index contributed by atoms with van der Waals surface area (Å²) in [5.41, 5.74) is 0. The lowest BCUT2D eigenvalue weighted by molar-refractivity contribution is 0.0624. The van der Waals surface area contributed by atoms with Crippen LogP contribution in [-0.4, -0.2) is 26.4 Å². The molecule has 0 rings (SSSR count). The summed E-state index contributed by atoms with van der Waals surface area (Å²) >= 11 is 0. The highest BCUT2D eigenvalue weighted by Crippen LogP contribution is 2.10. The zero-order chi connectivity index (χ0) is 15.6. The molecule has 2 heteroatoms. The minimum Gasteiger partial charge on any atom is -0.381 e. The fraction of sp³-hybridized carbons (Fsp3) is 0.842. The maximum absolute atomic E-state index is 5.86. The quantitative estimate of drug-likeness (QED) is 0.262. The summed E-state index contributed by atoms with van der Waals surface area (Å²) in [6.45, 7) is 14.2. The van der Waals surface area contributed by atoms with Gasteiger partial charge in [0.15, 0.2) is 0 Å². The van der Waals surface area contributed by atoms with Gasteiger partial charge in [-0.1, -0.05) is 70.8 Å². The molecule has 0 aromatic heterocycles. The molecule has 0 aromatic rings.